The highest BCUT2D eigenvalue weighted by atomic mass is 16.5. The van der Waals surface area contributed by atoms with Gasteiger partial charge in [0.15, 0.2) is 12.4 Å². The third-order valence-corrected chi connectivity index (χ3v) is 3.57. The van der Waals surface area contributed by atoms with E-state index in [0.717, 1.165) is 0 Å². The van der Waals surface area contributed by atoms with Crippen LogP contribution in [0.5, 0.6) is 5.75 Å². The maximum atomic E-state index is 12.2. The van der Waals surface area contributed by atoms with Crippen LogP contribution in [-0.4, -0.2) is 61.2 Å². The lowest BCUT2D eigenvalue weighted by molar-refractivity contribution is -0.133. The van der Waals surface area contributed by atoms with Gasteiger partial charge in [-0.1, -0.05) is 0 Å². The molecule has 120 valence electrons. The summed E-state index contributed by atoms with van der Waals surface area (Å²) in [5.41, 5.74) is 0.606. The van der Waals surface area contributed by atoms with Gasteiger partial charge < -0.3 is 19.5 Å². The van der Waals surface area contributed by atoms with Gasteiger partial charge in [0.2, 0.25) is 0 Å². The normalized spacial score (nSPS) is 18.6. The molecule has 1 N–H and O–H groups in total. The van der Waals surface area contributed by atoms with Crippen molar-refractivity contribution in [3.05, 3.63) is 29.8 Å². The number of benzene rings is 1. The minimum atomic E-state index is -0.139. The van der Waals surface area contributed by atoms with Gasteiger partial charge in [0.1, 0.15) is 5.75 Å². The van der Waals surface area contributed by atoms with Crippen LogP contribution >= 0.6 is 0 Å². The second-order valence-corrected chi connectivity index (χ2v) is 5.33. The molecule has 1 amide bonds. The van der Waals surface area contributed by atoms with Crippen LogP contribution < -0.4 is 4.74 Å². The Morgan fingerprint density at radius 2 is 2.09 bits per heavy atom. The smallest absolute Gasteiger partial charge is 0.260 e. The van der Waals surface area contributed by atoms with E-state index in [4.69, 9.17) is 9.47 Å². The van der Waals surface area contributed by atoms with Gasteiger partial charge in [0, 0.05) is 31.2 Å². The van der Waals surface area contributed by atoms with Gasteiger partial charge in [0.25, 0.3) is 5.91 Å². The molecule has 1 aromatic rings. The predicted molar refractivity (Wildman–Crippen MR) is 79.9 cm³/mol. The first-order valence-electron chi connectivity index (χ1n) is 7.30. The zero-order chi connectivity index (χ0) is 15.9. The van der Waals surface area contributed by atoms with Gasteiger partial charge in [0.05, 0.1) is 13.2 Å². The highest BCUT2D eigenvalue weighted by Crippen LogP contribution is 2.13. The Bertz CT molecular complexity index is 514. The predicted octanol–water partition coefficient (Wildman–Crippen LogP) is 0.735. The van der Waals surface area contributed by atoms with E-state index < -0.39 is 0 Å². The van der Waals surface area contributed by atoms with Crippen molar-refractivity contribution in [2.75, 3.05) is 39.5 Å². The van der Waals surface area contributed by atoms with E-state index in [1.807, 2.05) is 0 Å². The van der Waals surface area contributed by atoms with E-state index in [0.29, 0.717) is 37.6 Å². The van der Waals surface area contributed by atoms with Gasteiger partial charge in [-0.05, 0) is 31.2 Å². The Hall–Kier alpha value is -1.92. The fourth-order valence-corrected chi connectivity index (χ4v) is 2.24. The lowest BCUT2D eigenvalue weighted by Gasteiger charge is -2.22. The lowest BCUT2D eigenvalue weighted by atomic mass is 10.1. The molecule has 0 bridgehead atoms. The number of ketones is 1. The fraction of sp³-hybridized carbons (Fsp3) is 0.500. The van der Waals surface area contributed by atoms with Gasteiger partial charge in [-0.15, -0.1) is 0 Å². The lowest BCUT2D eigenvalue weighted by Crippen LogP contribution is -2.39. The van der Waals surface area contributed by atoms with Crippen molar-refractivity contribution in [3.63, 3.8) is 0 Å². The molecule has 0 aliphatic carbocycles. The first-order valence-corrected chi connectivity index (χ1v) is 7.30. The number of hydrogen-bond donors (Lipinski definition) is 1. The topological polar surface area (TPSA) is 76.1 Å². The van der Waals surface area contributed by atoms with Gasteiger partial charge in [-0.25, -0.2) is 0 Å². The average molecular weight is 307 g/mol. The van der Waals surface area contributed by atoms with Crippen LogP contribution in [0.4, 0.5) is 0 Å². The standard InChI is InChI=1S/C16H21NO5/c1-12(19)14-2-4-15(5-3-14)22-11-16(20)17-6-7-21-10-13(8-17)9-18/h2-5,13,18H,6-11H2,1H3/t13-/m1/s1. The molecular formula is C16H21NO5. The molecule has 6 heteroatoms. The molecule has 0 spiro atoms. The molecule has 0 radical (unpaired) electrons. The monoisotopic (exact) mass is 307 g/mol. The molecule has 1 aromatic carbocycles. The summed E-state index contributed by atoms with van der Waals surface area (Å²) in [7, 11) is 0. The van der Waals surface area contributed by atoms with Gasteiger partial charge in [-0.2, -0.15) is 0 Å². The minimum absolute atomic E-state index is 0.00283. The quantitative estimate of drug-likeness (QED) is 0.812. The molecule has 2 rings (SSSR count). The van der Waals surface area contributed by atoms with Crippen molar-refractivity contribution in [2.24, 2.45) is 5.92 Å². The van der Waals surface area contributed by atoms with E-state index in [-0.39, 0.29) is 30.8 Å². The molecule has 1 aliphatic heterocycles. The summed E-state index contributed by atoms with van der Waals surface area (Å²) in [5, 5.41) is 9.22. The van der Waals surface area contributed by atoms with E-state index in [2.05, 4.69) is 0 Å². The van der Waals surface area contributed by atoms with Crippen LogP contribution in [0.25, 0.3) is 0 Å². The zero-order valence-electron chi connectivity index (χ0n) is 12.7. The number of rotatable bonds is 5. The second-order valence-electron chi connectivity index (χ2n) is 5.33. The van der Waals surface area contributed by atoms with E-state index in [1.54, 1.807) is 29.2 Å². The van der Waals surface area contributed by atoms with Gasteiger partial charge >= 0.3 is 0 Å². The number of carbonyl (C=O) groups is 2. The Morgan fingerprint density at radius 3 is 2.73 bits per heavy atom. The maximum Gasteiger partial charge on any atom is 0.260 e. The molecule has 22 heavy (non-hydrogen) atoms. The molecule has 0 aromatic heterocycles. The van der Waals surface area contributed by atoms with Crippen LogP contribution in [-0.2, 0) is 9.53 Å². The molecular weight excluding hydrogens is 286 g/mol. The number of aliphatic hydroxyl groups is 1. The number of amides is 1. The fourth-order valence-electron chi connectivity index (χ4n) is 2.24. The zero-order valence-corrected chi connectivity index (χ0v) is 12.7. The average Bonchev–Trinajstić information content (AvgIpc) is 2.78. The van der Waals surface area contributed by atoms with Crippen molar-refractivity contribution in [1.82, 2.24) is 4.90 Å². The Morgan fingerprint density at radius 1 is 1.36 bits per heavy atom. The summed E-state index contributed by atoms with van der Waals surface area (Å²) < 4.78 is 10.8. The summed E-state index contributed by atoms with van der Waals surface area (Å²) in [6, 6.07) is 6.69. The number of ether oxygens (including phenoxy) is 2. The molecule has 6 nitrogen and oxygen atoms in total. The van der Waals surface area contributed by atoms with Crippen molar-refractivity contribution in [3.8, 4) is 5.75 Å². The van der Waals surface area contributed by atoms with Crippen molar-refractivity contribution >= 4 is 11.7 Å². The first kappa shape index (κ1) is 16.5. The molecule has 0 unspecified atom stereocenters. The van der Waals surface area contributed by atoms with Crippen molar-refractivity contribution < 1.29 is 24.2 Å². The third kappa shape index (κ3) is 4.54. The SMILES string of the molecule is CC(=O)c1ccc(OCC(=O)N2CCOC[C@@H](CO)C2)cc1. The third-order valence-electron chi connectivity index (χ3n) is 3.57. The summed E-state index contributed by atoms with van der Waals surface area (Å²) in [5.74, 6) is 0.339. The van der Waals surface area contributed by atoms with E-state index >= 15 is 0 Å². The number of nitrogens with zero attached hydrogens (tertiary/aromatic N) is 1. The number of carbonyl (C=O) groups excluding carboxylic acids is 2. The molecule has 1 aliphatic rings. The highest BCUT2D eigenvalue weighted by Gasteiger charge is 2.22. The van der Waals surface area contributed by atoms with Crippen LogP contribution in [0.3, 0.4) is 0 Å². The number of Topliss-reactive ketones (excluding diaryl/α,β-unsaturated/α-hetero) is 1. The summed E-state index contributed by atoms with van der Waals surface area (Å²) in [6.45, 7) is 3.33. The molecule has 0 saturated carbocycles. The molecule has 1 fully saturated rings. The number of hydrogen-bond acceptors (Lipinski definition) is 5. The van der Waals surface area contributed by atoms with Crippen molar-refractivity contribution in [2.45, 2.75) is 6.92 Å². The van der Waals surface area contributed by atoms with E-state index in [1.165, 1.54) is 6.92 Å². The Labute approximate surface area is 129 Å². The molecule has 1 atom stereocenters. The van der Waals surface area contributed by atoms with Crippen LogP contribution in [0, 0.1) is 5.92 Å². The molecule has 1 saturated heterocycles. The van der Waals surface area contributed by atoms with E-state index in [9.17, 15) is 14.7 Å². The maximum absolute atomic E-state index is 12.2. The van der Waals surface area contributed by atoms with Crippen LogP contribution in [0.1, 0.15) is 17.3 Å². The highest BCUT2D eigenvalue weighted by molar-refractivity contribution is 5.94. The van der Waals surface area contributed by atoms with Crippen LogP contribution in [0.2, 0.25) is 0 Å². The number of aliphatic hydroxyl groups excluding tert-OH is 1. The minimum Gasteiger partial charge on any atom is -0.484 e. The van der Waals surface area contributed by atoms with Gasteiger partial charge in [-0.3, -0.25) is 9.59 Å². The summed E-state index contributed by atoms with van der Waals surface area (Å²) in [4.78, 5) is 25.0. The van der Waals surface area contributed by atoms with Crippen molar-refractivity contribution in [1.29, 1.82) is 0 Å². The Kier molecular flexibility index (Phi) is 5.91. The summed E-state index contributed by atoms with van der Waals surface area (Å²) in [6.07, 6.45) is 0. The van der Waals surface area contributed by atoms with Crippen LogP contribution in [0.15, 0.2) is 24.3 Å². The largest absolute Gasteiger partial charge is 0.484 e. The first-order chi connectivity index (χ1) is 10.6. The second kappa shape index (κ2) is 7.91. The Balaban J connectivity index is 1.87. The molecule has 1 heterocycles. The summed E-state index contributed by atoms with van der Waals surface area (Å²) >= 11 is 0.